The Morgan fingerprint density at radius 2 is 2.09 bits per heavy atom. The highest BCUT2D eigenvalue weighted by atomic mass is 16.5. The molecule has 2 N–H and O–H groups in total. The number of carbonyl (C=O) groups excluding carboxylic acids is 1. The molecule has 0 aliphatic rings. The van der Waals surface area contributed by atoms with E-state index in [1.165, 1.54) is 5.56 Å². The number of ether oxygens (including phenoxy) is 1. The predicted molar refractivity (Wildman–Crippen MR) is 87.7 cm³/mol. The van der Waals surface area contributed by atoms with Crippen LogP contribution in [0, 0.1) is 0 Å². The fourth-order valence-electron chi connectivity index (χ4n) is 2.33. The molecule has 0 unspecified atom stereocenters. The standard InChI is InChI=1S/C17H22N2O4/c1-3-19(2)10-9-12-11-18-17-13(12)5-4-6-14(17)23-16(22)8-7-15(20)21/h4-6,11,18H,3,7-10H2,1-2H3,(H,20,21). The fourth-order valence-corrected chi connectivity index (χ4v) is 2.33. The van der Waals surface area contributed by atoms with Crippen LogP contribution in [0.5, 0.6) is 5.75 Å². The first-order chi connectivity index (χ1) is 11.0. The number of carboxylic acid groups (broad SMARTS) is 1. The third-order valence-corrected chi connectivity index (χ3v) is 3.83. The number of fused-ring (bicyclic) bond motifs is 1. The van der Waals surface area contributed by atoms with Gasteiger partial charge in [-0.1, -0.05) is 19.1 Å². The van der Waals surface area contributed by atoms with Crippen LogP contribution in [0.15, 0.2) is 24.4 Å². The topological polar surface area (TPSA) is 82.6 Å². The SMILES string of the molecule is CCN(C)CCc1c[nH]c2c(OC(=O)CCC(=O)O)cccc12. The highest BCUT2D eigenvalue weighted by molar-refractivity contribution is 5.90. The molecular formula is C17H22N2O4. The number of H-pyrrole nitrogens is 1. The zero-order chi connectivity index (χ0) is 16.8. The first-order valence-corrected chi connectivity index (χ1v) is 7.71. The van der Waals surface area contributed by atoms with Crippen LogP contribution in [0.25, 0.3) is 10.9 Å². The first-order valence-electron chi connectivity index (χ1n) is 7.71. The van der Waals surface area contributed by atoms with Gasteiger partial charge in [-0.3, -0.25) is 9.59 Å². The summed E-state index contributed by atoms with van der Waals surface area (Å²) in [5.74, 6) is -1.11. The second-order valence-electron chi connectivity index (χ2n) is 5.51. The number of nitrogens with one attached hydrogen (secondary N) is 1. The average molecular weight is 318 g/mol. The molecule has 1 aromatic heterocycles. The van der Waals surface area contributed by atoms with Crippen molar-refractivity contribution in [2.75, 3.05) is 20.1 Å². The molecule has 6 heteroatoms. The van der Waals surface area contributed by atoms with Crippen LogP contribution in [0.1, 0.15) is 25.3 Å². The Kier molecular flexibility index (Phi) is 5.76. The number of aromatic amines is 1. The molecule has 23 heavy (non-hydrogen) atoms. The molecule has 0 saturated heterocycles. The van der Waals surface area contributed by atoms with E-state index in [1.807, 2.05) is 18.3 Å². The van der Waals surface area contributed by atoms with Crippen LogP contribution < -0.4 is 4.74 Å². The zero-order valence-corrected chi connectivity index (χ0v) is 13.5. The number of hydrogen-bond acceptors (Lipinski definition) is 4. The maximum absolute atomic E-state index is 11.7. The van der Waals surface area contributed by atoms with Gasteiger partial charge < -0.3 is 19.7 Å². The van der Waals surface area contributed by atoms with E-state index in [0.29, 0.717) is 5.75 Å². The van der Waals surface area contributed by atoms with E-state index in [2.05, 4.69) is 23.9 Å². The summed E-state index contributed by atoms with van der Waals surface area (Å²) in [4.78, 5) is 27.6. The second-order valence-corrected chi connectivity index (χ2v) is 5.51. The quantitative estimate of drug-likeness (QED) is 0.577. The summed E-state index contributed by atoms with van der Waals surface area (Å²) in [6.45, 7) is 4.06. The number of carboxylic acids is 1. The van der Waals surface area contributed by atoms with Crippen LogP contribution >= 0.6 is 0 Å². The number of nitrogens with zero attached hydrogens (tertiary/aromatic N) is 1. The summed E-state index contributed by atoms with van der Waals surface area (Å²) >= 11 is 0. The van der Waals surface area contributed by atoms with Crippen molar-refractivity contribution < 1.29 is 19.4 Å². The number of aromatic nitrogens is 1. The van der Waals surface area contributed by atoms with Crippen molar-refractivity contribution in [2.24, 2.45) is 0 Å². The molecule has 0 radical (unpaired) electrons. The maximum Gasteiger partial charge on any atom is 0.311 e. The summed E-state index contributed by atoms with van der Waals surface area (Å²) in [6, 6.07) is 5.53. The van der Waals surface area contributed by atoms with E-state index in [9.17, 15) is 9.59 Å². The number of hydrogen-bond donors (Lipinski definition) is 2. The van der Waals surface area contributed by atoms with E-state index >= 15 is 0 Å². The highest BCUT2D eigenvalue weighted by Gasteiger charge is 2.13. The van der Waals surface area contributed by atoms with Gasteiger partial charge in [-0.05, 0) is 31.6 Å². The molecule has 0 fully saturated rings. The summed E-state index contributed by atoms with van der Waals surface area (Å²) in [5, 5.41) is 9.64. The van der Waals surface area contributed by atoms with Gasteiger partial charge in [0.1, 0.15) is 0 Å². The van der Waals surface area contributed by atoms with E-state index in [-0.39, 0.29) is 12.8 Å². The lowest BCUT2D eigenvalue weighted by atomic mass is 10.1. The van der Waals surface area contributed by atoms with Crippen molar-refractivity contribution in [3.8, 4) is 5.75 Å². The van der Waals surface area contributed by atoms with Gasteiger partial charge in [0.05, 0.1) is 18.4 Å². The van der Waals surface area contributed by atoms with Crippen molar-refractivity contribution in [1.29, 1.82) is 0 Å². The number of carbonyl (C=O) groups is 2. The molecule has 0 spiro atoms. The summed E-state index contributed by atoms with van der Waals surface area (Å²) < 4.78 is 5.29. The van der Waals surface area contributed by atoms with Crippen LogP contribution in [0.3, 0.4) is 0 Å². The normalized spacial score (nSPS) is 11.1. The lowest BCUT2D eigenvalue weighted by Gasteiger charge is -2.12. The highest BCUT2D eigenvalue weighted by Crippen LogP contribution is 2.28. The lowest BCUT2D eigenvalue weighted by Crippen LogP contribution is -2.20. The molecule has 0 aliphatic carbocycles. The zero-order valence-electron chi connectivity index (χ0n) is 13.5. The lowest BCUT2D eigenvalue weighted by molar-refractivity contribution is -0.142. The van der Waals surface area contributed by atoms with Gasteiger partial charge in [-0.2, -0.15) is 0 Å². The predicted octanol–water partition coefficient (Wildman–Crippen LogP) is 2.43. The largest absolute Gasteiger partial charge is 0.481 e. The number of esters is 1. The fraction of sp³-hybridized carbons (Fsp3) is 0.412. The number of aliphatic carboxylic acids is 1. The molecule has 6 nitrogen and oxygen atoms in total. The van der Waals surface area contributed by atoms with Gasteiger partial charge in [0, 0.05) is 18.1 Å². The third-order valence-electron chi connectivity index (χ3n) is 3.83. The molecule has 0 aliphatic heterocycles. The molecule has 0 bridgehead atoms. The molecule has 0 amide bonds. The number of benzene rings is 1. The summed E-state index contributed by atoms with van der Waals surface area (Å²) in [6.07, 6.45) is 2.47. The Balaban J connectivity index is 2.11. The Morgan fingerprint density at radius 3 is 2.78 bits per heavy atom. The van der Waals surface area contributed by atoms with Gasteiger partial charge in [-0.25, -0.2) is 0 Å². The smallest absolute Gasteiger partial charge is 0.311 e. The van der Waals surface area contributed by atoms with Gasteiger partial charge in [0.15, 0.2) is 5.75 Å². The minimum atomic E-state index is -1.01. The Morgan fingerprint density at radius 1 is 1.30 bits per heavy atom. The number of rotatable bonds is 8. The second kappa shape index (κ2) is 7.78. The molecule has 1 aromatic carbocycles. The first kappa shape index (κ1) is 17.0. The molecule has 0 saturated carbocycles. The van der Waals surface area contributed by atoms with Gasteiger partial charge in [-0.15, -0.1) is 0 Å². The summed E-state index contributed by atoms with van der Waals surface area (Å²) in [5.41, 5.74) is 1.94. The van der Waals surface area contributed by atoms with Crippen molar-refractivity contribution in [2.45, 2.75) is 26.2 Å². The molecule has 124 valence electrons. The van der Waals surface area contributed by atoms with E-state index in [4.69, 9.17) is 9.84 Å². The Hall–Kier alpha value is -2.34. The molecule has 2 rings (SSSR count). The van der Waals surface area contributed by atoms with Crippen LogP contribution in [0.4, 0.5) is 0 Å². The average Bonchev–Trinajstić information content (AvgIpc) is 2.95. The van der Waals surface area contributed by atoms with Gasteiger partial charge in [0.25, 0.3) is 0 Å². The third kappa shape index (κ3) is 4.56. The monoisotopic (exact) mass is 318 g/mol. The maximum atomic E-state index is 11.7. The van der Waals surface area contributed by atoms with Crippen LogP contribution in [0.2, 0.25) is 0 Å². The Bertz CT molecular complexity index is 693. The van der Waals surface area contributed by atoms with Crippen LogP contribution in [-0.2, 0) is 16.0 Å². The van der Waals surface area contributed by atoms with E-state index in [1.54, 1.807) is 6.07 Å². The number of para-hydroxylation sites is 1. The van der Waals surface area contributed by atoms with Gasteiger partial charge in [0.2, 0.25) is 0 Å². The Labute approximate surface area is 135 Å². The van der Waals surface area contributed by atoms with E-state index in [0.717, 1.165) is 30.4 Å². The molecule has 0 atom stereocenters. The van der Waals surface area contributed by atoms with Crippen molar-refractivity contribution in [3.63, 3.8) is 0 Å². The van der Waals surface area contributed by atoms with Crippen molar-refractivity contribution >= 4 is 22.8 Å². The van der Waals surface area contributed by atoms with Crippen molar-refractivity contribution in [3.05, 3.63) is 30.0 Å². The van der Waals surface area contributed by atoms with Gasteiger partial charge >= 0.3 is 11.9 Å². The number of likely N-dealkylation sites (N-methyl/N-ethyl adjacent to an activating group) is 1. The van der Waals surface area contributed by atoms with Crippen LogP contribution in [-0.4, -0.2) is 47.1 Å². The minimum absolute atomic E-state index is 0.138. The minimum Gasteiger partial charge on any atom is -0.481 e. The van der Waals surface area contributed by atoms with E-state index < -0.39 is 11.9 Å². The molecular weight excluding hydrogens is 296 g/mol. The summed E-state index contributed by atoms with van der Waals surface area (Å²) in [7, 11) is 2.07. The van der Waals surface area contributed by atoms with Crippen molar-refractivity contribution in [1.82, 2.24) is 9.88 Å². The molecule has 1 heterocycles. The molecule has 2 aromatic rings.